The summed E-state index contributed by atoms with van der Waals surface area (Å²) in [6.45, 7) is 5.66. The van der Waals surface area contributed by atoms with Gasteiger partial charge in [-0.1, -0.05) is 42.0 Å². The minimum absolute atomic E-state index is 0.00827. The van der Waals surface area contributed by atoms with Crippen LogP contribution in [0.2, 0.25) is 0 Å². The number of fused-ring (bicyclic) bond motifs is 2. The Hall–Kier alpha value is -3.32. The first kappa shape index (κ1) is 20.9. The number of aryl methyl sites for hydroxylation is 1. The van der Waals surface area contributed by atoms with Crippen LogP contribution >= 0.6 is 0 Å². The predicted molar refractivity (Wildman–Crippen MR) is 119 cm³/mol. The molecule has 1 heterocycles. The minimum Gasteiger partial charge on any atom is -0.469 e. The highest BCUT2D eigenvalue weighted by Gasteiger charge is 2.31. The standard InChI is InChI=1S/C24H23NO5S/c1-14-9-11-17(12-10-14)22-16(3)24-23(15(2)18(22)13-21(26)29-4)25-31(27,28)20-8-6-5-7-19(20)30-24/h5-12,25H,13H2,1-4H3. The van der Waals surface area contributed by atoms with E-state index in [9.17, 15) is 13.2 Å². The molecule has 0 amide bonds. The molecule has 31 heavy (non-hydrogen) atoms. The van der Waals surface area contributed by atoms with Gasteiger partial charge in [-0.25, -0.2) is 8.42 Å². The third-order valence-electron chi connectivity index (χ3n) is 5.55. The van der Waals surface area contributed by atoms with Gasteiger partial charge in [0.1, 0.15) is 10.6 Å². The number of carbonyl (C=O) groups is 1. The summed E-state index contributed by atoms with van der Waals surface area (Å²) in [5.74, 6) is 0.276. The average Bonchev–Trinajstić information content (AvgIpc) is 2.87. The topological polar surface area (TPSA) is 81.7 Å². The maximum atomic E-state index is 13.0. The van der Waals surface area contributed by atoms with E-state index in [2.05, 4.69) is 4.72 Å². The van der Waals surface area contributed by atoms with Crippen LogP contribution in [-0.4, -0.2) is 21.5 Å². The molecule has 7 heteroatoms. The summed E-state index contributed by atoms with van der Waals surface area (Å²) in [6, 6.07) is 14.5. The van der Waals surface area contributed by atoms with Gasteiger partial charge >= 0.3 is 5.97 Å². The lowest BCUT2D eigenvalue weighted by Gasteiger charge is -2.22. The van der Waals surface area contributed by atoms with Crippen molar-refractivity contribution in [3.05, 3.63) is 70.8 Å². The normalized spacial score (nSPS) is 13.8. The lowest BCUT2D eigenvalue weighted by atomic mass is 9.88. The molecule has 3 aromatic rings. The molecule has 0 radical (unpaired) electrons. The van der Waals surface area contributed by atoms with E-state index in [1.807, 2.05) is 38.1 Å². The number of sulfonamides is 1. The number of carbonyl (C=O) groups excluding carboxylic acids is 1. The van der Waals surface area contributed by atoms with Crippen molar-refractivity contribution >= 4 is 21.7 Å². The van der Waals surface area contributed by atoms with Gasteiger partial charge in [0.05, 0.1) is 19.2 Å². The number of nitrogens with one attached hydrogen (secondary N) is 1. The number of hydrogen-bond acceptors (Lipinski definition) is 5. The fraction of sp³-hybridized carbons (Fsp3) is 0.208. The maximum absolute atomic E-state index is 13.0. The molecule has 160 valence electrons. The molecule has 0 saturated heterocycles. The first-order chi connectivity index (χ1) is 14.7. The zero-order chi connectivity index (χ0) is 22.3. The lowest BCUT2D eigenvalue weighted by Crippen LogP contribution is -2.15. The molecule has 1 N–H and O–H groups in total. The van der Waals surface area contributed by atoms with Crippen molar-refractivity contribution in [3.63, 3.8) is 0 Å². The van der Waals surface area contributed by atoms with E-state index in [0.717, 1.165) is 22.3 Å². The SMILES string of the molecule is COC(=O)Cc1c(C)c2c(c(C)c1-c1ccc(C)cc1)Oc1ccccc1S(=O)(=O)N2. The van der Waals surface area contributed by atoms with Gasteiger partial charge in [0.2, 0.25) is 0 Å². The van der Waals surface area contributed by atoms with Gasteiger partial charge in [-0.3, -0.25) is 9.52 Å². The van der Waals surface area contributed by atoms with Gasteiger partial charge < -0.3 is 9.47 Å². The van der Waals surface area contributed by atoms with Gasteiger partial charge in [-0.05, 0) is 55.2 Å². The molecule has 0 unspecified atom stereocenters. The van der Waals surface area contributed by atoms with E-state index in [1.54, 1.807) is 25.1 Å². The molecular formula is C24H23NO5S. The van der Waals surface area contributed by atoms with Gasteiger partial charge in [0.15, 0.2) is 5.75 Å². The van der Waals surface area contributed by atoms with Crippen molar-refractivity contribution < 1.29 is 22.7 Å². The molecule has 0 atom stereocenters. The van der Waals surface area contributed by atoms with Crippen LogP contribution in [0.25, 0.3) is 11.1 Å². The van der Waals surface area contributed by atoms with E-state index in [-0.39, 0.29) is 17.1 Å². The van der Waals surface area contributed by atoms with Crippen molar-refractivity contribution in [2.75, 3.05) is 11.8 Å². The summed E-state index contributed by atoms with van der Waals surface area (Å²) in [7, 11) is -2.52. The van der Waals surface area contributed by atoms with Gasteiger partial charge in [-0.15, -0.1) is 0 Å². The van der Waals surface area contributed by atoms with Crippen LogP contribution in [0.4, 0.5) is 5.69 Å². The molecule has 1 aliphatic rings. The van der Waals surface area contributed by atoms with Crippen molar-refractivity contribution in [3.8, 4) is 22.6 Å². The molecule has 3 aromatic carbocycles. The minimum atomic E-state index is -3.86. The Morgan fingerprint density at radius 2 is 1.68 bits per heavy atom. The zero-order valence-electron chi connectivity index (χ0n) is 17.8. The number of methoxy groups -OCH3 is 1. The van der Waals surface area contributed by atoms with Crippen LogP contribution < -0.4 is 9.46 Å². The fourth-order valence-corrected chi connectivity index (χ4v) is 5.15. The van der Waals surface area contributed by atoms with Crippen molar-refractivity contribution in [1.29, 1.82) is 0 Å². The average molecular weight is 438 g/mol. The van der Waals surface area contributed by atoms with Gasteiger partial charge in [0, 0.05) is 5.56 Å². The van der Waals surface area contributed by atoms with E-state index < -0.39 is 16.0 Å². The smallest absolute Gasteiger partial charge is 0.310 e. The van der Waals surface area contributed by atoms with Gasteiger partial charge in [0.25, 0.3) is 10.0 Å². The van der Waals surface area contributed by atoms with Crippen LogP contribution in [0.3, 0.4) is 0 Å². The first-order valence-corrected chi connectivity index (χ1v) is 11.3. The monoisotopic (exact) mass is 437 g/mol. The van der Waals surface area contributed by atoms with Crippen molar-refractivity contribution in [2.45, 2.75) is 32.1 Å². The molecule has 0 fully saturated rings. The van der Waals surface area contributed by atoms with E-state index in [1.165, 1.54) is 13.2 Å². The Kier molecular flexibility index (Phi) is 5.23. The molecule has 0 spiro atoms. The Morgan fingerprint density at radius 1 is 1.00 bits per heavy atom. The molecule has 1 aliphatic heterocycles. The summed E-state index contributed by atoms with van der Waals surface area (Å²) in [5, 5.41) is 0. The summed E-state index contributed by atoms with van der Waals surface area (Å²) < 4.78 is 39.8. The largest absolute Gasteiger partial charge is 0.469 e. The molecule has 0 saturated carbocycles. The molecule has 0 aromatic heterocycles. The lowest BCUT2D eigenvalue weighted by molar-refractivity contribution is -0.139. The molecule has 4 rings (SSSR count). The second-order valence-corrected chi connectivity index (χ2v) is 9.23. The maximum Gasteiger partial charge on any atom is 0.310 e. The first-order valence-electron chi connectivity index (χ1n) is 9.82. The number of anilines is 1. The van der Waals surface area contributed by atoms with Crippen molar-refractivity contribution in [2.24, 2.45) is 0 Å². The Bertz CT molecular complexity index is 1290. The highest BCUT2D eigenvalue weighted by atomic mass is 32.2. The van der Waals surface area contributed by atoms with Crippen LogP contribution in [0, 0.1) is 20.8 Å². The quantitative estimate of drug-likeness (QED) is 0.590. The van der Waals surface area contributed by atoms with Gasteiger partial charge in [-0.2, -0.15) is 0 Å². The Balaban J connectivity index is 2.04. The molecule has 0 aliphatic carbocycles. The number of hydrogen-bond donors (Lipinski definition) is 1. The number of rotatable bonds is 3. The number of para-hydroxylation sites is 1. The summed E-state index contributed by atoms with van der Waals surface area (Å²) in [6.07, 6.45) is 0.00827. The summed E-state index contributed by atoms with van der Waals surface area (Å²) >= 11 is 0. The van der Waals surface area contributed by atoms with Crippen LogP contribution in [0.15, 0.2) is 53.4 Å². The molecule has 0 bridgehead atoms. The zero-order valence-corrected chi connectivity index (χ0v) is 18.6. The van der Waals surface area contributed by atoms with Crippen LogP contribution in [-0.2, 0) is 26.0 Å². The third kappa shape index (κ3) is 3.65. The highest BCUT2D eigenvalue weighted by molar-refractivity contribution is 7.92. The van der Waals surface area contributed by atoms with Crippen molar-refractivity contribution in [1.82, 2.24) is 0 Å². The molecule has 6 nitrogen and oxygen atoms in total. The van der Waals surface area contributed by atoms with Crippen LogP contribution in [0.1, 0.15) is 22.3 Å². The number of ether oxygens (including phenoxy) is 2. The summed E-state index contributed by atoms with van der Waals surface area (Å²) in [4.78, 5) is 12.3. The Labute approximate surface area is 181 Å². The van der Waals surface area contributed by atoms with E-state index in [4.69, 9.17) is 9.47 Å². The van der Waals surface area contributed by atoms with Crippen LogP contribution in [0.5, 0.6) is 11.5 Å². The Morgan fingerprint density at radius 3 is 2.35 bits per heavy atom. The number of esters is 1. The highest BCUT2D eigenvalue weighted by Crippen LogP contribution is 2.48. The predicted octanol–water partition coefficient (Wildman–Crippen LogP) is 4.90. The van der Waals surface area contributed by atoms with E-state index >= 15 is 0 Å². The summed E-state index contributed by atoms with van der Waals surface area (Å²) in [5.41, 5.74) is 5.26. The second kappa shape index (κ2) is 7.74. The number of benzene rings is 3. The second-order valence-electron chi connectivity index (χ2n) is 7.58. The van der Waals surface area contributed by atoms with E-state index in [0.29, 0.717) is 22.6 Å². The molecular weight excluding hydrogens is 414 g/mol. The third-order valence-corrected chi connectivity index (χ3v) is 6.94. The fourth-order valence-electron chi connectivity index (χ4n) is 3.89.